The Morgan fingerprint density at radius 2 is 1.85 bits per heavy atom. The lowest BCUT2D eigenvalue weighted by Crippen LogP contribution is -2.52. The van der Waals surface area contributed by atoms with Gasteiger partial charge in [-0.05, 0) is 57.9 Å². The second kappa shape index (κ2) is 5.77. The van der Waals surface area contributed by atoms with Crippen molar-refractivity contribution >= 4 is 15.9 Å². The van der Waals surface area contributed by atoms with E-state index in [-0.39, 0.29) is 12.4 Å². The summed E-state index contributed by atoms with van der Waals surface area (Å²) in [6.07, 6.45) is 3.56. The number of alkyl halides is 1. The Hall–Kier alpha value is -2.45. The number of nitrogens with zero attached hydrogens (tertiary/aromatic N) is 1. The van der Waals surface area contributed by atoms with Gasteiger partial charge in [-0.2, -0.15) is 0 Å². The number of phenols is 1. The number of aromatic hydroxyl groups is 1. The molecule has 2 aromatic carbocycles. The van der Waals surface area contributed by atoms with E-state index in [0.29, 0.717) is 11.5 Å². The molecule has 1 saturated heterocycles. The van der Waals surface area contributed by atoms with Gasteiger partial charge in [-0.15, -0.1) is 0 Å². The van der Waals surface area contributed by atoms with Crippen LogP contribution in [0.25, 0.3) is 11.1 Å². The number of hydrogen-bond acceptors (Lipinski definition) is 6. The van der Waals surface area contributed by atoms with Crippen LogP contribution in [0.4, 0.5) is 0 Å². The van der Waals surface area contributed by atoms with Crippen molar-refractivity contribution in [3.8, 4) is 28.4 Å². The molecule has 0 amide bonds. The monoisotopic (exact) mass is 425 g/mol. The zero-order chi connectivity index (χ0) is 18.6. The Labute approximate surface area is 164 Å². The highest BCUT2D eigenvalue weighted by Gasteiger charge is 2.52. The SMILES string of the molecule is NC1(Br)NC2(CO1)c1cc(O)ccc1Oc1ccc(-c3cccnc3)cc12. The zero-order valence-electron chi connectivity index (χ0n) is 14.1. The molecule has 7 heteroatoms. The van der Waals surface area contributed by atoms with Gasteiger partial charge in [0.2, 0.25) is 4.76 Å². The van der Waals surface area contributed by atoms with Crippen molar-refractivity contribution in [2.45, 2.75) is 10.3 Å². The van der Waals surface area contributed by atoms with Crippen LogP contribution in [0.1, 0.15) is 11.1 Å². The molecule has 3 heterocycles. The number of pyridine rings is 1. The van der Waals surface area contributed by atoms with Gasteiger partial charge in [0, 0.05) is 29.1 Å². The molecule has 4 N–H and O–H groups in total. The highest BCUT2D eigenvalue weighted by atomic mass is 79.9. The molecule has 0 radical (unpaired) electrons. The van der Waals surface area contributed by atoms with Crippen molar-refractivity contribution in [1.29, 1.82) is 0 Å². The summed E-state index contributed by atoms with van der Waals surface area (Å²) in [6.45, 7) is 0.276. The molecule has 3 aromatic rings. The van der Waals surface area contributed by atoms with Crippen molar-refractivity contribution in [3.05, 3.63) is 72.1 Å². The fraction of sp³-hybridized carbons (Fsp3) is 0.150. The van der Waals surface area contributed by atoms with E-state index in [1.165, 1.54) is 0 Å². The zero-order valence-corrected chi connectivity index (χ0v) is 15.7. The van der Waals surface area contributed by atoms with Gasteiger partial charge in [0.05, 0.1) is 6.61 Å². The molecule has 2 atom stereocenters. The predicted octanol–water partition coefficient (Wildman–Crippen LogP) is 3.39. The molecular weight excluding hydrogens is 410 g/mol. The van der Waals surface area contributed by atoms with E-state index >= 15 is 0 Å². The predicted molar refractivity (Wildman–Crippen MR) is 104 cm³/mol. The molecule has 5 rings (SSSR count). The number of halogens is 1. The summed E-state index contributed by atoms with van der Waals surface area (Å²) in [5, 5.41) is 13.4. The molecule has 1 spiro atoms. The third kappa shape index (κ3) is 2.62. The Balaban J connectivity index is 1.74. The minimum atomic E-state index is -1.19. The van der Waals surface area contributed by atoms with E-state index in [0.717, 1.165) is 22.3 Å². The molecule has 1 fully saturated rings. The molecule has 0 aliphatic carbocycles. The summed E-state index contributed by atoms with van der Waals surface area (Å²) in [5.74, 6) is 1.51. The van der Waals surface area contributed by atoms with E-state index < -0.39 is 10.3 Å². The summed E-state index contributed by atoms with van der Waals surface area (Å²) in [4.78, 5) is 4.20. The molecule has 1 aromatic heterocycles. The fourth-order valence-corrected chi connectivity index (χ4v) is 4.19. The van der Waals surface area contributed by atoms with Crippen molar-refractivity contribution in [2.24, 2.45) is 5.73 Å². The lowest BCUT2D eigenvalue weighted by atomic mass is 9.80. The second-order valence-corrected chi connectivity index (χ2v) is 7.88. The number of rotatable bonds is 1. The van der Waals surface area contributed by atoms with Crippen molar-refractivity contribution in [2.75, 3.05) is 6.61 Å². The molecule has 2 unspecified atom stereocenters. The second-order valence-electron chi connectivity index (χ2n) is 6.70. The molecule has 2 aliphatic heterocycles. The molecule has 27 heavy (non-hydrogen) atoms. The van der Waals surface area contributed by atoms with E-state index in [2.05, 4.69) is 26.2 Å². The number of aromatic nitrogens is 1. The summed E-state index contributed by atoms with van der Waals surface area (Å²) in [7, 11) is 0. The van der Waals surface area contributed by atoms with E-state index in [9.17, 15) is 5.11 Å². The van der Waals surface area contributed by atoms with Gasteiger partial charge in [-0.3, -0.25) is 16.0 Å². The highest BCUT2D eigenvalue weighted by Crippen LogP contribution is 2.51. The number of nitrogens with two attached hydrogens (primary N) is 1. The van der Waals surface area contributed by atoms with Crippen LogP contribution in [0.5, 0.6) is 17.2 Å². The van der Waals surface area contributed by atoms with E-state index in [1.54, 1.807) is 24.4 Å². The van der Waals surface area contributed by atoms with Crippen LogP contribution in [0.15, 0.2) is 60.9 Å². The number of fused-ring (bicyclic) bond motifs is 4. The first-order chi connectivity index (χ1) is 13.0. The van der Waals surface area contributed by atoms with Crippen molar-refractivity contribution < 1.29 is 14.6 Å². The van der Waals surface area contributed by atoms with Crippen LogP contribution in [0.3, 0.4) is 0 Å². The standard InChI is InChI=1S/C20H16BrN3O3/c21-20(22)24-19(11-26-20)15-8-12(13-2-1-7-23-10-13)3-5-17(15)27-18-6-4-14(25)9-16(18)19/h1-10,24-25H,11,22H2. The minimum absolute atomic E-state index is 0.148. The number of ether oxygens (including phenoxy) is 2. The fourth-order valence-electron chi connectivity index (χ4n) is 3.74. The number of nitrogens with one attached hydrogen (secondary N) is 1. The number of phenolic OH excluding ortho intramolecular Hbond substituents is 1. The quantitative estimate of drug-likeness (QED) is 0.409. The molecular formula is C20H16BrN3O3. The lowest BCUT2D eigenvalue weighted by Gasteiger charge is -2.37. The van der Waals surface area contributed by atoms with Gasteiger partial charge in [0.15, 0.2) is 0 Å². The largest absolute Gasteiger partial charge is 0.508 e. The Kier molecular flexibility index (Phi) is 3.57. The molecule has 0 bridgehead atoms. The average Bonchev–Trinajstić information content (AvgIpc) is 3.00. The maximum absolute atomic E-state index is 10.1. The first kappa shape index (κ1) is 16.7. The van der Waals surface area contributed by atoms with Crippen LogP contribution in [0, 0.1) is 0 Å². The smallest absolute Gasteiger partial charge is 0.232 e. The van der Waals surface area contributed by atoms with Crippen LogP contribution in [-0.2, 0) is 10.3 Å². The van der Waals surface area contributed by atoms with Gasteiger partial charge in [-0.1, -0.05) is 12.1 Å². The van der Waals surface area contributed by atoms with Crippen LogP contribution in [-0.4, -0.2) is 21.5 Å². The molecule has 6 nitrogen and oxygen atoms in total. The number of hydrogen-bond donors (Lipinski definition) is 3. The van der Waals surface area contributed by atoms with Gasteiger partial charge in [0.25, 0.3) is 0 Å². The third-order valence-corrected chi connectivity index (χ3v) is 5.39. The summed E-state index contributed by atoms with van der Waals surface area (Å²) in [5.41, 5.74) is 9.03. The van der Waals surface area contributed by atoms with E-state index in [4.69, 9.17) is 15.2 Å². The maximum Gasteiger partial charge on any atom is 0.232 e. The average molecular weight is 426 g/mol. The first-order valence-electron chi connectivity index (χ1n) is 8.44. The van der Waals surface area contributed by atoms with E-state index in [1.807, 2.05) is 36.5 Å². The maximum atomic E-state index is 10.1. The summed E-state index contributed by atoms with van der Waals surface area (Å²) in [6, 6.07) is 14.9. The Morgan fingerprint density at radius 1 is 1.07 bits per heavy atom. The van der Waals surface area contributed by atoms with Gasteiger partial charge in [-0.25, -0.2) is 0 Å². The topological polar surface area (TPSA) is 89.6 Å². The highest BCUT2D eigenvalue weighted by molar-refractivity contribution is 9.10. The van der Waals surface area contributed by atoms with Crippen LogP contribution < -0.4 is 15.8 Å². The lowest BCUT2D eigenvalue weighted by molar-refractivity contribution is 0.0805. The van der Waals surface area contributed by atoms with Crippen LogP contribution >= 0.6 is 15.9 Å². The van der Waals surface area contributed by atoms with Gasteiger partial charge >= 0.3 is 0 Å². The first-order valence-corrected chi connectivity index (χ1v) is 9.24. The molecule has 0 saturated carbocycles. The Morgan fingerprint density at radius 3 is 2.56 bits per heavy atom. The van der Waals surface area contributed by atoms with Gasteiger partial charge < -0.3 is 14.6 Å². The molecule has 136 valence electrons. The normalized spacial score (nSPS) is 25.7. The minimum Gasteiger partial charge on any atom is -0.508 e. The summed E-state index contributed by atoms with van der Waals surface area (Å²) >= 11 is 3.37. The third-order valence-electron chi connectivity index (χ3n) is 4.96. The molecule has 2 aliphatic rings. The number of benzene rings is 2. The van der Waals surface area contributed by atoms with Gasteiger partial charge in [0.1, 0.15) is 22.8 Å². The Bertz CT molecular complexity index is 1040. The van der Waals surface area contributed by atoms with Crippen molar-refractivity contribution in [3.63, 3.8) is 0 Å². The van der Waals surface area contributed by atoms with Crippen LogP contribution in [0.2, 0.25) is 0 Å². The summed E-state index contributed by atoms with van der Waals surface area (Å²) < 4.78 is 10.7. The van der Waals surface area contributed by atoms with Crippen molar-refractivity contribution in [1.82, 2.24) is 10.3 Å².